The molecule has 3 rings (SSSR count). The third-order valence-corrected chi connectivity index (χ3v) is 5.99. The van der Waals surface area contributed by atoms with Gasteiger partial charge in [-0.1, -0.05) is 26.0 Å². The first-order chi connectivity index (χ1) is 14.5. The van der Waals surface area contributed by atoms with E-state index < -0.39 is 5.97 Å². The molecule has 30 heavy (non-hydrogen) atoms. The lowest BCUT2D eigenvalue weighted by atomic mass is 10.1. The van der Waals surface area contributed by atoms with Crippen LogP contribution in [0.15, 0.2) is 53.4 Å². The number of ketones is 1. The number of fused-ring (bicyclic) bond motifs is 1. The number of nitrogens with zero attached hydrogens (tertiary/aromatic N) is 1. The summed E-state index contributed by atoms with van der Waals surface area (Å²) < 4.78 is 10.5. The van der Waals surface area contributed by atoms with E-state index in [9.17, 15) is 14.4 Å². The summed E-state index contributed by atoms with van der Waals surface area (Å²) in [7, 11) is 0. The number of Topliss-reactive ketones (excluding diaryl/α,β-unsaturated/α-hetero) is 1. The largest absolute Gasteiger partial charge is 0.482 e. The molecule has 2 aromatic carbocycles. The van der Waals surface area contributed by atoms with E-state index in [0.717, 1.165) is 17.0 Å². The van der Waals surface area contributed by atoms with E-state index in [4.69, 9.17) is 9.47 Å². The number of ether oxygens (including phenoxy) is 2. The highest BCUT2D eigenvalue weighted by molar-refractivity contribution is 8.00. The number of carbonyl (C=O) groups is 3. The zero-order valence-corrected chi connectivity index (χ0v) is 17.9. The van der Waals surface area contributed by atoms with Crippen molar-refractivity contribution in [2.75, 3.05) is 24.7 Å². The number of para-hydroxylation sites is 1. The van der Waals surface area contributed by atoms with Crippen molar-refractivity contribution < 1.29 is 23.9 Å². The second kappa shape index (κ2) is 10.3. The number of carbonyl (C=O) groups excluding carboxylic acids is 3. The summed E-state index contributed by atoms with van der Waals surface area (Å²) in [6.45, 7) is 3.88. The monoisotopic (exact) mass is 427 g/mol. The summed E-state index contributed by atoms with van der Waals surface area (Å²) in [5, 5.41) is 0.402. The Kier molecular flexibility index (Phi) is 7.52. The molecule has 0 aliphatic carbocycles. The lowest BCUT2D eigenvalue weighted by Gasteiger charge is -2.22. The second-order valence-corrected chi connectivity index (χ2v) is 8.46. The van der Waals surface area contributed by atoms with Gasteiger partial charge in [0.2, 0.25) is 0 Å². The van der Waals surface area contributed by atoms with Gasteiger partial charge in [-0.25, -0.2) is 4.79 Å². The molecule has 0 saturated carbocycles. The average molecular weight is 428 g/mol. The second-order valence-electron chi connectivity index (χ2n) is 6.98. The zero-order chi connectivity index (χ0) is 21.5. The molecule has 0 fully saturated rings. The highest BCUT2D eigenvalue weighted by atomic mass is 32.2. The van der Waals surface area contributed by atoms with Gasteiger partial charge in [0.25, 0.3) is 5.91 Å². The molecular weight excluding hydrogens is 402 g/mol. The van der Waals surface area contributed by atoms with Crippen molar-refractivity contribution in [3.63, 3.8) is 0 Å². The fraction of sp³-hybridized carbons (Fsp3) is 0.348. The van der Waals surface area contributed by atoms with E-state index in [2.05, 4.69) is 6.92 Å². The molecule has 1 amide bonds. The molecular formula is C23H25NO5S. The van der Waals surface area contributed by atoms with E-state index in [1.54, 1.807) is 47.9 Å². The Morgan fingerprint density at radius 1 is 1.07 bits per heavy atom. The maximum absolute atomic E-state index is 12.7. The van der Waals surface area contributed by atoms with Gasteiger partial charge in [0.05, 0.1) is 5.69 Å². The van der Waals surface area contributed by atoms with Crippen molar-refractivity contribution in [1.82, 2.24) is 0 Å². The number of anilines is 1. The molecule has 1 heterocycles. The van der Waals surface area contributed by atoms with Crippen molar-refractivity contribution in [3.8, 4) is 5.75 Å². The highest BCUT2D eigenvalue weighted by Crippen LogP contribution is 2.37. The Hall–Kier alpha value is -2.80. The fourth-order valence-corrected chi connectivity index (χ4v) is 4.20. The molecule has 7 heteroatoms. The van der Waals surface area contributed by atoms with Crippen LogP contribution < -0.4 is 9.64 Å². The van der Waals surface area contributed by atoms with E-state index >= 15 is 0 Å². The molecule has 158 valence electrons. The minimum atomic E-state index is -0.622. The number of thioether (sulfide) groups is 1. The van der Waals surface area contributed by atoms with Crippen molar-refractivity contribution in [1.29, 1.82) is 0 Å². The minimum Gasteiger partial charge on any atom is -0.482 e. The average Bonchev–Trinajstić information content (AvgIpc) is 2.94. The molecule has 0 bridgehead atoms. The van der Waals surface area contributed by atoms with Crippen molar-refractivity contribution in [2.24, 2.45) is 0 Å². The predicted molar refractivity (Wildman–Crippen MR) is 116 cm³/mol. The molecule has 2 aromatic rings. The van der Waals surface area contributed by atoms with Gasteiger partial charge in [0.1, 0.15) is 5.75 Å². The van der Waals surface area contributed by atoms with Crippen LogP contribution in [0.4, 0.5) is 5.69 Å². The van der Waals surface area contributed by atoms with Crippen LogP contribution >= 0.6 is 11.8 Å². The smallest absolute Gasteiger partial charge is 0.344 e. The Balaban J connectivity index is 1.51. The van der Waals surface area contributed by atoms with Crippen LogP contribution in [0.25, 0.3) is 0 Å². The number of hydrogen-bond acceptors (Lipinski definition) is 6. The molecule has 1 unspecified atom stereocenters. The van der Waals surface area contributed by atoms with Crippen LogP contribution in [0.5, 0.6) is 5.75 Å². The van der Waals surface area contributed by atoms with E-state index in [0.29, 0.717) is 29.5 Å². The summed E-state index contributed by atoms with van der Waals surface area (Å²) in [6.07, 6.45) is 1.29. The number of benzene rings is 2. The van der Waals surface area contributed by atoms with Gasteiger partial charge in [0.15, 0.2) is 19.0 Å². The maximum atomic E-state index is 12.7. The van der Waals surface area contributed by atoms with Gasteiger partial charge in [-0.2, -0.15) is 0 Å². The lowest BCUT2D eigenvalue weighted by Crippen LogP contribution is -2.36. The highest BCUT2D eigenvalue weighted by Gasteiger charge is 2.24. The molecule has 1 atom stereocenters. The summed E-state index contributed by atoms with van der Waals surface area (Å²) in [4.78, 5) is 39.1. The van der Waals surface area contributed by atoms with Crippen LogP contribution in [-0.2, 0) is 14.3 Å². The molecule has 1 aliphatic rings. The van der Waals surface area contributed by atoms with Crippen LogP contribution in [-0.4, -0.2) is 42.7 Å². The number of hydrogen-bond donors (Lipinski definition) is 0. The summed E-state index contributed by atoms with van der Waals surface area (Å²) >= 11 is 1.75. The molecule has 0 radical (unpaired) electrons. The summed E-state index contributed by atoms with van der Waals surface area (Å²) in [5.74, 6) is -0.378. The molecule has 1 aliphatic heterocycles. The van der Waals surface area contributed by atoms with Crippen molar-refractivity contribution >= 4 is 35.1 Å². The Morgan fingerprint density at radius 2 is 1.80 bits per heavy atom. The van der Waals surface area contributed by atoms with Crippen LogP contribution in [0.2, 0.25) is 0 Å². The van der Waals surface area contributed by atoms with E-state index in [1.165, 1.54) is 0 Å². The van der Waals surface area contributed by atoms with Crippen LogP contribution in [0.3, 0.4) is 0 Å². The SMILES string of the molecule is CCC(=O)c1ccc(OCC(=O)OCC(=O)N2CCC(C)Sc3ccccc32)cc1. The number of rotatable bonds is 7. The number of esters is 1. The van der Waals surface area contributed by atoms with Crippen molar-refractivity contribution in [3.05, 3.63) is 54.1 Å². The van der Waals surface area contributed by atoms with Gasteiger partial charge in [-0.05, 0) is 42.8 Å². The quantitative estimate of drug-likeness (QED) is 0.489. The lowest BCUT2D eigenvalue weighted by molar-refractivity contribution is -0.149. The standard InChI is InChI=1S/C23H25NO5S/c1-3-20(25)17-8-10-18(11-9-17)28-15-23(27)29-14-22(26)24-13-12-16(2)30-21-7-5-4-6-19(21)24/h4-11,16H,3,12-15H2,1-2H3. The third kappa shape index (κ3) is 5.63. The normalized spacial score (nSPS) is 15.7. The minimum absolute atomic E-state index is 0.0438. The summed E-state index contributed by atoms with van der Waals surface area (Å²) in [6, 6.07) is 14.3. The van der Waals surface area contributed by atoms with Gasteiger partial charge in [-0.3, -0.25) is 9.59 Å². The Morgan fingerprint density at radius 3 is 2.53 bits per heavy atom. The first-order valence-corrected chi connectivity index (χ1v) is 10.8. The topological polar surface area (TPSA) is 72.9 Å². The molecule has 0 N–H and O–H groups in total. The molecule has 0 spiro atoms. The third-order valence-electron chi connectivity index (χ3n) is 4.76. The Labute approximate surface area is 180 Å². The van der Waals surface area contributed by atoms with E-state index in [1.807, 2.05) is 24.3 Å². The van der Waals surface area contributed by atoms with Gasteiger partial charge >= 0.3 is 5.97 Å². The van der Waals surface area contributed by atoms with Gasteiger partial charge in [-0.15, -0.1) is 11.8 Å². The van der Waals surface area contributed by atoms with E-state index in [-0.39, 0.29) is 24.9 Å². The van der Waals surface area contributed by atoms with Gasteiger partial charge < -0.3 is 14.4 Å². The zero-order valence-electron chi connectivity index (χ0n) is 17.1. The predicted octanol–water partition coefficient (Wildman–Crippen LogP) is 4.12. The number of amides is 1. The molecule has 6 nitrogen and oxygen atoms in total. The first kappa shape index (κ1) is 21.9. The van der Waals surface area contributed by atoms with Gasteiger partial charge in [0, 0.05) is 28.7 Å². The van der Waals surface area contributed by atoms with Crippen molar-refractivity contribution in [2.45, 2.75) is 36.8 Å². The van der Waals surface area contributed by atoms with Crippen LogP contribution in [0.1, 0.15) is 37.0 Å². The molecule has 0 saturated heterocycles. The fourth-order valence-electron chi connectivity index (χ4n) is 3.09. The summed E-state index contributed by atoms with van der Waals surface area (Å²) in [5.41, 5.74) is 1.45. The Bertz CT molecular complexity index is 912. The first-order valence-electron chi connectivity index (χ1n) is 9.95. The van der Waals surface area contributed by atoms with Crippen LogP contribution in [0, 0.1) is 0 Å². The molecule has 0 aromatic heterocycles. The maximum Gasteiger partial charge on any atom is 0.344 e.